The van der Waals surface area contributed by atoms with Crippen LogP contribution in [0.25, 0.3) is 0 Å². The summed E-state index contributed by atoms with van der Waals surface area (Å²) in [6, 6.07) is 5.36. The molecule has 0 saturated heterocycles. The first-order valence-electron chi connectivity index (χ1n) is 6.73. The van der Waals surface area contributed by atoms with Crippen molar-refractivity contribution in [1.82, 2.24) is 5.32 Å². The van der Waals surface area contributed by atoms with E-state index in [1.165, 1.54) is 0 Å². The molecule has 4 heteroatoms. The van der Waals surface area contributed by atoms with E-state index >= 15 is 0 Å². The van der Waals surface area contributed by atoms with Gasteiger partial charge in [-0.1, -0.05) is 19.9 Å². The smallest absolute Gasteiger partial charge is 0.251 e. The SMILES string of the molecule is Cc1c(N)cccc1C(=O)NCCOCCC(C)C. The van der Waals surface area contributed by atoms with E-state index in [-0.39, 0.29) is 5.91 Å². The molecule has 0 heterocycles. The minimum atomic E-state index is -0.0998. The molecule has 0 aliphatic rings. The van der Waals surface area contributed by atoms with Gasteiger partial charge in [-0.25, -0.2) is 0 Å². The lowest BCUT2D eigenvalue weighted by molar-refractivity contribution is 0.0905. The van der Waals surface area contributed by atoms with Gasteiger partial charge in [-0.15, -0.1) is 0 Å². The highest BCUT2D eigenvalue weighted by atomic mass is 16.5. The van der Waals surface area contributed by atoms with Crippen LogP contribution in [-0.4, -0.2) is 25.7 Å². The topological polar surface area (TPSA) is 64.4 Å². The molecule has 1 amide bonds. The number of nitrogen functional groups attached to an aromatic ring is 1. The van der Waals surface area contributed by atoms with Crippen LogP contribution in [0.15, 0.2) is 18.2 Å². The van der Waals surface area contributed by atoms with Crippen LogP contribution in [0.3, 0.4) is 0 Å². The van der Waals surface area contributed by atoms with Crippen molar-refractivity contribution in [2.45, 2.75) is 27.2 Å². The molecule has 1 aromatic rings. The monoisotopic (exact) mass is 264 g/mol. The molecule has 3 N–H and O–H groups in total. The molecule has 1 aromatic carbocycles. The van der Waals surface area contributed by atoms with Crippen molar-refractivity contribution in [3.8, 4) is 0 Å². The molecule has 106 valence electrons. The van der Waals surface area contributed by atoms with E-state index in [1.807, 2.05) is 6.92 Å². The van der Waals surface area contributed by atoms with Crippen LogP contribution in [-0.2, 0) is 4.74 Å². The van der Waals surface area contributed by atoms with Gasteiger partial charge in [-0.05, 0) is 37.0 Å². The number of benzene rings is 1. The second kappa shape index (κ2) is 7.79. The van der Waals surface area contributed by atoms with Crippen LogP contribution >= 0.6 is 0 Å². The van der Waals surface area contributed by atoms with Gasteiger partial charge in [0.1, 0.15) is 0 Å². The molecule has 0 radical (unpaired) electrons. The summed E-state index contributed by atoms with van der Waals surface area (Å²) in [5, 5.41) is 2.84. The molecular weight excluding hydrogens is 240 g/mol. The number of rotatable bonds is 7. The quantitative estimate of drug-likeness (QED) is 0.587. The van der Waals surface area contributed by atoms with Gasteiger partial charge >= 0.3 is 0 Å². The normalized spacial score (nSPS) is 10.7. The predicted molar refractivity (Wildman–Crippen MR) is 78.2 cm³/mol. The number of hydrogen-bond acceptors (Lipinski definition) is 3. The van der Waals surface area contributed by atoms with E-state index in [4.69, 9.17) is 10.5 Å². The Bertz CT molecular complexity index is 417. The van der Waals surface area contributed by atoms with Crippen molar-refractivity contribution in [3.05, 3.63) is 29.3 Å². The molecule has 0 unspecified atom stereocenters. The van der Waals surface area contributed by atoms with Gasteiger partial charge in [0.25, 0.3) is 5.91 Å². The lowest BCUT2D eigenvalue weighted by Crippen LogP contribution is -2.28. The number of carbonyl (C=O) groups is 1. The van der Waals surface area contributed by atoms with Crippen LogP contribution in [0, 0.1) is 12.8 Å². The van der Waals surface area contributed by atoms with Gasteiger partial charge in [0.15, 0.2) is 0 Å². The first kappa shape index (κ1) is 15.5. The summed E-state index contributed by atoms with van der Waals surface area (Å²) in [5.74, 6) is 0.543. The Hall–Kier alpha value is -1.55. The first-order valence-corrected chi connectivity index (χ1v) is 6.73. The van der Waals surface area contributed by atoms with Gasteiger partial charge in [-0.3, -0.25) is 4.79 Å². The number of amides is 1. The van der Waals surface area contributed by atoms with Crippen molar-refractivity contribution >= 4 is 11.6 Å². The Kier molecular flexibility index (Phi) is 6.36. The average Bonchev–Trinajstić information content (AvgIpc) is 2.36. The number of ether oxygens (including phenoxy) is 1. The Balaban J connectivity index is 2.30. The summed E-state index contributed by atoms with van der Waals surface area (Å²) in [7, 11) is 0. The van der Waals surface area contributed by atoms with Crippen LogP contribution in [0.5, 0.6) is 0 Å². The summed E-state index contributed by atoms with van der Waals surface area (Å²) in [6.45, 7) is 7.97. The number of carbonyl (C=O) groups excluding carboxylic acids is 1. The standard InChI is InChI=1S/C15H24N2O2/c1-11(2)7-9-19-10-8-17-15(18)13-5-4-6-14(16)12(13)3/h4-6,11H,7-10,16H2,1-3H3,(H,17,18). The molecule has 4 nitrogen and oxygen atoms in total. The maximum absolute atomic E-state index is 11.9. The highest BCUT2D eigenvalue weighted by Gasteiger charge is 2.09. The zero-order valence-corrected chi connectivity index (χ0v) is 12.0. The maximum atomic E-state index is 11.9. The molecular formula is C15H24N2O2. The van der Waals surface area contributed by atoms with E-state index < -0.39 is 0 Å². The third-order valence-corrected chi connectivity index (χ3v) is 2.99. The molecule has 0 fully saturated rings. The van der Waals surface area contributed by atoms with E-state index in [0.29, 0.717) is 30.3 Å². The second-order valence-corrected chi connectivity index (χ2v) is 5.07. The fourth-order valence-corrected chi connectivity index (χ4v) is 1.65. The molecule has 0 aliphatic heterocycles. The molecule has 0 bridgehead atoms. The number of nitrogens with two attached hydrogens (primary N) is 1. The van der Waals surface area contributed by atoms with Crippen LogP contribution in [0.4, 0.5) is 5.69 Å². The zero-order chi connectivity index (χ0) is 14.3. The van der Waals surface area contributed by atoms with E-state index in [1.54, 1.807) is 18.2 Å². The van der Waals surface area contributed by atoms with Gasteiger partial charge in [-0.2, -0.15) is 0 Å². The van der Waals surface area contributed by atoms with Crippen LogP contribution in [0.2, 0.25) is 0 Å². The van der Waals surface area contributed by atoms with Crippen molar-refractivity contribution < 1.29 is 9.53 Å². The molecule has 0 atom stereocenters. The van der Waals surface area contributed by atoms with Crippen molar-refractivity contribution in [2.24, 2.45) is 5.92 Å². The molecule has 0 aliphatic carbocycles. The molecule has 0 saturated carbocycles. The van der Waals surface area contributed by atoms with E-state index in [0.717, 1.165) is 18.6 Å². The largest absolute Gasteiger partial charge is 0.398 e. The summed E-state index contributed by atoms with van der Waals surface area (Å²) < 4.78 is 5.45. The Morgan fingerprint density at radius 2 is 2.11 bits per heavy atom. The van der Waals surface area contributed by atoms with Gasteiger partial charge in [0.2, 0.25) is 0 Å². The lowest BCUT2D eigenvalue weighted by Gasteiger charge is -2.10. The first-order chi connectivity index (χ1) is 9.02. The molecule has 0 aromatic heterocycles. The van der Waals surface area contributed by atoms with E-state index in [9.17, 15) is 4.79 Å². The number of hydrogen-bond donors (Lipinski definition) is 2. The minimum absolute atomic E-state index is 0.0998. The second-order valence-electron chi connectivity index (χ2n) is 5.07. The Morgan fingerprint density at radius 3 is 2.79 bits per heavy atom. The minimum Gasteiger partial charge on any atom is -0.398 e. The van der Waals surface area contributed by atoms with Crippen LogP contribution in [0.1, 0.15) is 36.2 Å². The van der Waals surface area contributed by atoms with Crippen molar-refractivity contribution in [2.75, 3.05) is 25.5 Å². The van der Waals surface area contributed by atoms with E-state index in [2.05, 4.69) is 19.2 Å². The van der Waals surface area contributed by atoms with Gasteiger partial charge in [0, 0.05) is 24.4 Å². The van der Waals surface area contributed by atoms with Crippen molar-refractivity contribution in [1.29, 1.82) is 0 Å². The maximum Gasteiger partial charge on any atom is 0.251 e. The molecule has 1 rings (SSSR count). The summed E-state index contributed by atoms with van der Waals surface area (Å²) >= 11 is 0. The number of anilines is 1. The van der Waals surface area contributed by atoms with Gasteiger partial charge < -0.3 is 15.8 Å². The highest BCUT2D eigenvalue weighted by Crippen LogP contribution is 2.14. The highest BCUT2D eigenvalue weighted by molar-refractivity contribution is 5.96. The van der Waals surface area contributed by atoms with Gasteiger partial charge in [0.05, 0.1) is 6.61 Å². The van der Waals surface area contributed by atoms with Crippen LogP contribution < -0.4 is 11.1 Å². The summed E-state index contributed by atoms with van der Waals surface area (Å²) in [4.78, 5) is 11.9. The van der Waals surface area contributed by atoms with Crippen molar-refractivity contribution in [3.63, 3.8) is 0 Å². The summed E-state index contributed by atoms with van der Waals surface area (Å²) in [5.41, 5.74) is 7.86. The number of nitrogens with one attached hydrogen (secondary N) is 1. The fraction of sp³-hybridized carbons (Fsp3) is 0.533. The zero-order valence-electron chi connectivity index (χ0n) is 12.0. The fourth-order valence-electron chi connectivity index (χ4n) is 1.65. The third kappa shape index (κ3) is 5.30. The molecule has 19 heavy (non-hydrogen) atoms. The lowest BCUT2D eigenvalue weighted by atomic mass is 10.1. The average molecular weight is 264 g/mol. The third-order valence-electron chi connectivity index (χ3n) is 2.99. The predicted octanol–water partition coefficient (Wildman–Crippen LogP) is 2.37. The summed E-state index contributed by atoms with van der Waals surface area (Å²) in [6.07, 6.45) is 1.04. The molecule has 0 spiro atoms. The Morgan fingerprint density at radius 1 is 1.37 bits per heavy atom. The Labute approximate surface area is 115 Å².